The minimum Gasteiger partial charge on any atom is -0.484 e. The Morgan fingerprint density at radius 1 is 1.15 bits per heavy atom. The Hall–Kier alpha value is -2.41. The molecule has 7 heteroatoms. The van der Waals surface area contributed by atoms with Gasteiger partial charge in [0.05, 0.1) is 11.5 Å². The molecule has 2 aromatic rings. The van der Waals surface area contributed by atoms with Gasteiger partial charge in [-0.25, -0.2) is 12.8 Å². The first kappa shape index (κ1) is 18.4. The van der Waals surface area contributed by atoms with E-state index < -0.39 is 21.7 Å². The average molecular weight is 377 g/mol. The molecule has 1 atom stereocenters. The normalized spacial score (nSPS) is 18.4. The summed E-state index contributed by atoms with van der Waals surface area (Å²) < 4.78 is 42.6. The monoisotopic (exact) mass is 377 g/mol. The summed E-state index contributed by atoms with van der Waals surface area (Å²) in [6.45, 7) is -0.0508. The van der Waals surface area contributed by atoms with Crippen molar-refractivity contribution < 1.29 is 22.3 Å². The topological polar surface area (TPSA) is 63.7 Å². The third kappa shape index (κ3) is 4.82. The highest BCUT2D eigenvalue weighted by atomic mass is 32.2. The summed E-state index contributed by atoms with van der Waals surface area (Å²) in [5.74, 6) is -0.163. The maximum Gasteiger partial charge on any atom is 0.261 e. The van der Waals surface area contributed by atoms with Crippen LogP contribution in [0.25, 0.3) is 0 Å². The molecule has 0 spiro atoms. The SMILES string of the molecule is O=C(COc1ccccc1)N(Cc1cccc(F)c1)[C@H]1CCS(=O)(=O)C1. The van der Waals surface area contributed by atoms with Crippen LogP contribution < -0.4 is 4.74 Å². The second-order valence-corrected chi connectivity index (χ2v) is 8.54. The predicted octanol–water partition coefficient (Wildman–Crippen LogP) is 2.42. The lowest BCUT2D eigenvalue weighted by atomic mass is 10.1. The highest BCUT2D eigenvalue weighted by Gasteiger charge is 2.34. The molecule has 1 saturated heterocycles. The first-order valence-electron chi connectivity index (χ1n) is 8.35. The number of hydrogen-bond donors (Lipinski definition) is 0. The molecule has 1 heterocycles. The summed E-state index contributed by atoms with van der Waals surface area (Å²) in [5.41, 5.74) is 0.613. The molecule has 0 N–H and O–H groups in total. The molecule has 1 amide bonds. The largest absolute Gasteiger partial charge is 0.484 e. The van der Waals surface area contributed by atoms with Crippen molar-refractivity contribution in [3.8, 4) is 5.75 Å². The molecule has 138 valence electrons. The molecule has 26 heavy (non-hydrogen) atoms. The van der Waals surface area contributed by atoms with Crippen LogP contribution in [0.5, 0.6) is 5.75 Å². The number of carbonyl (C=O) groups excluding carboxylic acids is 1. The van der Waals surface area contributed by atoms with Gasteiger partial charge in [-0.05, 0) is 36.2 Å². The number of rotatable bonds is 6. The van der Waals surface area contributed by atoms with Crippen molar-refractivity contribution in [1.82, 2.24) is 4.90 Å². The molecule has 0 aliphatic carbocycles. The fourth-order valence-electron chi connectivity index (χ4n) is 3.02. The third-order valence-electron chi connectivity index (χ3n) is 4.32. The zero-order valence-corrected chi connectivity index (χ0v) is 15.0. The summed E-state index contributed by atoms with van der Waals surface area (Å²) in [6.07, 6.45) is 0.384. The second kappa shape index (κ2) is 7.86. The lowest BCUT2D eigenvalue weighted by Gasteiger charge is -2.28. The van der Waals surface area contributed by atoms with Gasteiger partial charge in [0.25, 0.3) is 5.91 Å². The van der Waals surface area contributed by atoms with Crippen LogP contribution in [0.15, 0.2) is 54.6 Å². The summed E-state index contributed by atoms with van der Waals surface area (Å²) in [5, 5.41) is 0. The van der Waals surface area contributed by atoms with Gasteiger partial charge in [-0.1, -0.05) is 30.3 Å². The van der Waals surface area contributed by atoms with E-state index in [0.29, 0.717) is 17.7 Å². The fraction of sp³-hybridized carbons (Fsp3) is 0.316. The number of para-hydroxylation sites is 1. The minimum atomic E-state index is -3.15. The van der Waals surface area contributed by atoms with Crippen LogP contribution in [0.4, 0.5) is 4.39 Å². The molecule has 0 saturated carbocycles. The molecule has 0 radical (unpaired) electrons. The highest BCUT2D eigenvalue weighted by molar-refractivity contribution is 7.91. The Morgan fingerprint density at radius 3 is 2.58 bits per heavy atom. The molecule has 2 aromatic carbocycles. The predicted molar refractivity (Wildman–Crippen MR) is 95.9 cm³/mol. The average Bonchev–Trinajstić information content (AvgIpc) is 2.98. The van der Waals surface area contributed by atoms with Gasteiger partial charge in [0.1, 0.15) is 11.6 Å². The molecule has 0 aromatic heterocycles. The van der Waals surface area contributed by atoms with Gasteiger partial charge in [-0.15, -0.1) is 0 Å². The van der Waals surface area contributed by atoms with E-state index in [-0.39, 0.29) is 30.6 Å². The van der Waals surface area contributed by atoms with Crippen LogP contribution in [0.2, 0.25) is 0 Å². The van der Waals surface area contributed by atoms with E-state index >= 15 is 0 Å². The van der Waals surface area contributed by atoms with Crippen LogP contribution in [-0.4, -0.2) is 43.4 Å². The summed E-state index contributed by atoms with van der Waals surface area (Å²) in [7, 11) is -3.15. The standard InChI is InChI=1S/C19H20FNO4S/c20-16-6-4-5-15(11-16)12-21(17-9-10-26(23,24)14-17)19(22)13-25-18-7-2-1-3-8-18/h1-8,11,17H,9-10,12-14H2/t17-/m0/s1. The smallest absolute Gasteiger partial charge is 0.261 e. The van der Waals surface area contributed by atoms with E-state index in [4.69, 9.17) is 4.74 Å². The van der Waals surface area contributed by atoms with Crippen molar-refractivity contribution in [2.45, 2.75) is 19.0 Å². The summed E-state index contributed by atoms with van der Waals surface area (Å²) >= 11 is 0. The Balaban J connectivity index is 1.74. The zero-order valence-electron chi connectivity index (χ0n) is 14.2. The Labute approximate surface area is 152 Å². The van der Waals surface area contributed by atoms with Crippen LogP contribution in [0.3, 0.4) is 0 Å². The van der Waals surface area contributed by atoms with Gasteiger partial charge in [-0.3, -0.25) is 4.79 Å². The number of amides is 1. The Bertz CT molecular complexity index is 870. The second-order valence-electron chi connectivity index (χ2n) is 6.31. The number of sulfone groups is 1. The maximum absolute atomic E-state index is 13.5. The lowest BCUT2D eigenvalue weighted by Crippen LogP contribution is -2.43. The van der Waals surface area contributed by atoms with E-state index in [1.54, 1.807) is 36.4 Å². The Kier molecular flexibility index (Phi) is 5.56. The van der Waals surface area contributed by atoms with Gasteiger partial charge in [0.15, 0.2) is 16.4 Å². The number of carbonyl (C=O) groups is 1. The minimum absolute atomic E-state index is 0.0597. The zero-order chi connectivity index (χ0) is 18.6. The van der Waals surface area contributed by atoms with Crippen LogP contribution in [0, 0.1) is 5.82 Å². The molecule has 5 nitrogen and oxygen atoms in total. The van der Waals surface area contributed by atoms with Crippen molar-refractivity contribution in [3.05, 3.63) is 66.0 Å². The first-order valence-corrected chi connectivity index (χ1v) is 10.2. The van der Waals surface area contributed by atoms with Gasteiger partial charge in [0, 0.05) is 12.6 Å². The molecule has 1 aliphatic rings. The van der Waals surface area contributed by atoms with Gasteiger partial charge in [0.2, 0.25) is 0 Å². The number of halogens is 1. The van der Waals surface area contributed by atoms with Crippen LogP contribution >= 0.6 is 0 Å². The number of benzene rings is 2. The van der Waals surface area contributed by atoms with E-state index in [1.807, 2.05) is 6.07 Å². The number of ether oxygens (including phenoxy) is 1. The van der Waals surface area contributed by atoms with E-state index in [2.05, 4.69) is 0 Å². The van der Waals surface area contributed by atoms with Crippen molar-refractivity contribution >= 4 is 15.7 Å². The third-order valence-corrected chi connectivity index (χ3v) is 6.07. The van der Waals surface area contributed by atoms with Crippen molar-refractivity contribution in [2.75, 3.05) is 18.1 Å². The molecule has 0 unspecified atom stereocenters. The summed E-state index contributed by atoms with van der Waals surface area (Å²) in [4.78, 5) is 14.2. The van der Waals surface area contributed by atoms with Crippen molar-refractivity contribution in [1.29, 1.82) is 0 Å². The van der Waals surface area contributed by atoms with E-state index in [1.165, 1.54) is 17.0 Å². The van der Waals surface area contributed by atoms with Crippen molar-refractivity contribution in [3.63, 3.8) is 0 Å². The highest BCUT2D eigenvalue weighted by Crippen LogP contribution is 2.21. The van der Waals surface area contributed by atoms with Crippen LogP contribution in [-0.2, 0) is 21.2 Å². The van der Waals surface area contributed by atoms with Gasteiger partial charge >= 0.3 is 0 Å². The Morgan fingerprint density at radius 2 is 1.92 bits per heavy atom. The molecule has 1 fully saturated rings. The van der Waals surface area contributed by atoms with E-state index in [0.717, 1.165) is 0 Å². The van der Waals surface area contributed by atoms with Gasteiger partial charge in [-0.2, -0.15) is 0 Å². The molecule has 3 rings (SSSR count). The lowest BCUT2D eigenvalue weighted by molar-refractivity contribution is -0.136. The molecule has 0 bridgehead atoms. The maximum atomic E-state index is 13.5. The van der Waals surface area contributed by atoms with E-state index in [9.17, 15) is 17.6 Å². The fourth-order valence-corrected chi connectivity index (χ4v) is 4.75. The summed E-state index contributed by atoms with van der Waals surface area (Å²) in [6, 6.07) is 14.5. The first-order chi connectivity index (χ1) is 12.4. The number of nitrogens with zero attached hydrogens (tertiary/aromatic N) is 1. The molecule has 1 aliphatic heterocycles. The van der Waals surface area contributed by atoms with Gasteiger partial charge < -0.3 is 9.64 Å². The quantitative estimate of drug-likeness (QED) is 0.776. The number of hydrogen-bond acceptors (Lipinski definition) is 4. The molecular formula is C19H20FNO4S. The van der Waals surface area contributed by atoms with Crippen LogP contribution in [0.1, 0.15) is 12.0 Å². The van der Waals surface area contributed by atoms with Crippen molar-refractivity contribution in [2.24, 2.45) is 0 Å². The molecular weight excluding hydrogens is 357 g/mol.